The van der Waals surface area contributed by atoms with Gasteiger partial charge >= 0.3 is 0 Å². The monoisotopic (exact) mass is 419 g/mol. The van der Waals surface area contributed by atoms with Crippen LogP contribution in [-0.2, 0) is 10.2 Å². The largest absolute Gasteiger partial charge is 0.368 e. The topological polar surface area (TPSA) is 66.6 Å². The minimum absolute atomic E-state index is 0.0645. The van der Waals surface area contributed by atoms with Gasteiger partial charge in [0.15, 0.2) is 0 Å². The predicted molar refractivity (Wildman–Crippen MR) is 113 cm³/mol. The van der Waals surface area contributed by atoms with Crippen molar-refractivity contribution in [2.45, 2.75) is 19.3 Å². The average Bonchev–Trinajstić information content (AvgIpc) is 2.69. The highest BCUT2D eigenvalue weighted by Crippen LogP contribution is 2.32. The number of benzene rings is 2. The Morgan fingerprint density at radius 3 is 2.07 bits per heavy atom. The average molecular weight is 420 g/mol. The van der Waals surface area contributed by atoms with E-state index in [0.717, 1.165) is 24.3 Å². The smallest absolute Gasteiger partial charge is 0.248 e. The van der Waals surface area contributed by atoms with Crippen LogP contribution in [0.5, 0.6) is 0 Å². The molecule has 148 valence electrons. The summed E-state index contributed by atoms with van der Waals surface area (Å²) in [6.45, 7) is 6.51. The molecule has 3 rings (SSSR count). The van der Waals surface area contributed by atoms with E-state index in [1.807, 2.05) is 36.9 Å². The first-order valence-corrected chi connectivity index (χ1v) is 9.85. The van der Waals surface area contributed by atoms with Crippen molar-refractivity contribution >= 4 is 40.7 Å². The number of hydrogen-bond acceptors (Lipinski definition) is 3. The Balaban J connectivity index is 1.67. The zero-order chi connectivity index (χ0) is 20.5. The number of rotatable bonds is 4. The normalized spacial score (nSPS) is 14.9. The first-order valence-electron chi connectivity index (χ1n) is 9.10. The molecule has 5 nitrogen and oxygen atoms in total. The molecule has 2 N–H and O–H groups in total. The minimum Gasteiger partial charge on any atom is -0.368 e. The maximum Gasteiger partial charge on any atom is 0.248 e. The first-order chi connectivity index (χ1) is 13.2. The molecule has 2 amide bonds. The number of anilines is 1. The van der Waals surface area contributed by atoms with Crippen LogP contribution in [0.1, 0.15) is 29.8 Å². The molecule has 28 heavy (non-hydrogen) atoms. The molecule has 0 spiro atoms. The Labute approximate surface area is 175 Å². The molecule has 1 aliphatic rings. The molecule has 1 saturated heterocycles. The van der Waals surface area contributed by atoms with Crippen molar-refractivity contribution in [3.05, 3.63) is 63.6 Å². The summed E-state index contributed by atoms with van der Waals surface area (Å²) >= 11 is 12.1. The zero-order valence-corrected chi connectivity index (χ0v) is 17.4. The quantitative estimate of drug-likeness (QED) is 0.820. The number of primary amides is 1. The Morgan fingerprint density at radius 1 is 0.929 bits per heavy atom. The Hall–Kier alpha value is -2.24. The summed E-state index contributed by atoms with van der Waals surface area (Å²) in [4.78, 5) is 28.4. The molecule has 0 aliphatic carbocycles. The fourth-order valence-corrected chi connectivity index (χ4v) is 3.71. The van der Waals surface area contributed by atoms with Crippen LogP contribution in [0.25, 0.3) is 0 Å². The highest BCUT2D eigenvalue weighted by molar-refractivity contribution is 6.42. The second kappa shape index (κ2) is 8.02. The van der Waals surface area contributed by atoms with Gasteiger partial charge in [-0.2, -0.15) is 0 Å². The van der Waals surface area contributed by atoms with Gasteiger partial charge in [-0.25, -0.2) is 0 Å². The van der Waals surface area contributed by atoms with Crippen LogP contribution in [0.3, 0.4) is 0 Å². The lowest BCUT2D eigenvalue weighted by Gasteiger charge is -2.39. The van der Waals surface area contributed by atoms with Crippen LogP contribution in [0.4, 0.5) is 5.69 Å². The number of piperazine rings is 1. The van der Waals surface area contributed by atoms with Gasteiger partial charge < -0.3 is 15.5 Å². The van der Waals surface area contributed by atoms with Crippen molar-refractivity contribution in [1.29, 1.82) is 0 Å². The van der Waals surface area contributed by atoms with E-state index < -0.39 is 11.3 Å². The van der Waals surface area contributed by atoms with Crippen molar-refractivity contribution in [2.75, 3.05) is 31.1 Å². The van der Waals surface area contributed by atoms with Crippen LogP contribution in [-0.4, -0.2) is 42.9 Å². The Morgan fingerprint density at radius 2 is 1.54 bits per heavy atom. The van der Waals surface area contributed by atoms with E-state index in [-0.39, 0.29) is 5.91 Å². The van der Waals surface area contributed by atoms with Crippen molar-refractivity contribution < 1.29 is 9.59 Å². The lowest BCUT2D eigenvalue weighted by Crippen LogP contribution is -2.53. The summed E-state index contributed by atoms with van der Waals surface area (Å²) in [6.07, 6.45) is 0. The van der Waals surface area contributed by atoms with Gasteiger partial charge in [0.1, 0.15) is 0 Å². The van der Waals surface area contributed by atoms with Gasteiger partial charge in [0.2, 0.25) is 11.8 Å². The van der Waals surface area contributed by atoms with Gasteiger partial charge in [-0.1, -0.05) is 29.3 Å². The number of amides is 2. The van der Waals surface area contributed by atoms with Crippen LogP contribution < -0.4 is 10.6 Å². The van der Waals surface area contributed by atoms with Gasteiger partial charge in [0, 0.05) is 37.4 Å². The molecular formula is C21H23Cl2N3O2. The van der Waals surface area contributed by atoms with Gasteiger partial charge in [-0.15, -0.1) is 0 Å². The minimum atomic E-state index is -0.695. The molecule has 0 atom stereocenters. The summed E-state index contributed by atoms with van der Waals surface area (Å²) in [5, 5.41) is 0.925. The van der Waals surface area contributed by atoms with Gasteiger partial charge in [-0.3, -0.25) is 9.59 Å². The lowest BCUT2D eigenvalue weighted by atomic mass is 9.83. The maximum absolute atomic E-state index is 13.2. The highest BCUT2D eigenvalue weighted by atomic mass is 35.5. The Bertz CT molecular complexity index is 889. The molecule has 0 bridgehead atoms. The fourth-order valence-electron chi connectivity index (χ4n) is 3.41. The second-order valence-electron chi connectivity index (χ2n) is 7.44. The van der Waals surface area contributed by atoms with E-state index in [2.05, 4.69) is 4.90 Å². The summed E-state index contributed by atoms with van der Waals surface area (Å²) in [5.74, 6) is -0.374. The zero-order valence-electron chi connectivity index (χ0n) is 15.9. The molecule has 0 saturated carbocycles. The van der Waals surface area contributed by atoms with E-state index in [4.69, 9.17) is 28.9 Å². The van der Waals surface area contributed by atoms with Crippen LogP contribution in [0, 0.1) is 0 Å². The van der Waals surface area contributed by atoms with Crippen molar-refractivity contribution in [3.63, 3.8) is 0 Å². The van der Waals surface area contributed by atoms with Crippen LogP contribution in [0.15, 0.2) is 42.5 Å². The molecule has 1 fully saturated rings. The standard InChI is InChI=1S/C21H23Cl2N3O2/c1-21(2,15-5-8-17(22)18(23)13-15)20(28)26-11-9-25(10-12-26)16-6-3-14(4-7-16)19(24)27/h3-8,13H,9-12H2,1-2H3,(H2,24,27). The molecule has 2 aromatic rings. The summed E-state index contributed by atoms with van der Waals surface area (Å²) in [5.41, 5.74) is 6.94. The van der Waals surface area contributed by atoms with E-state index in [1.54, 1.807) is 24.3 Å². The van der Waals surface area contributed by atoms with E-state index in [0.29, 0.717) is 28.7 Å². The fraction of sp³-hybridized carbons (Fsp3) is 0.333. The van der Waals surface area contributed by atoms with E-state index in [1.165, 1.54) is 0 Å². The SMILES string of the molecule is CC(C)(C(=O)N1CCN(c2ccc(C(N)=O)cc2)CC1)c1ccc(Cl)c(Cl)c1. The number of nitrogens with two attached hydrogens (primary N) is 1. The number of hydrogen-bond donors (Lipinski definition) is 1. The molecule has 7 heteroatoms. The molecule has 0 aromatic heterocycles. The molecule has 0 radical (unpaired) electrons. The van der Waals surface area contributed by atoms with Gasteiger partial charge in [0.25, 0.3) is 0 Å². The molecule has 2 aromatic carbocycles. The highest BCUT2D eigenvalue weighted by Gasteiger charge is 2.35. The number of carbonyl (C=O) groups excluding carboxylic acids is 2. The van der Waals surface area contributed by atoms with Crippen molar-refractivity contribution in [3.8, 4) is 0 Å². The van der Waals surface area contributed by atoms with Crippen molar-refractivity contribution in [2.24, 2.45) is 5.73 Å². The Kier molecular flexibility index (Phi) is 5.87. The third-order valence-electron chi connectivity index (χ3n) is 5.26. The summed E-state index contributed by atoms with van der Waals surface area (Å²) in [7, 11) is 0. The van der Waals surface area contributed by atoms with Gasteiger partial charge in [0.05, 0.1) is 15.5 Å². The van der Waals surface area contributed by atoms with Gasteiger partial charge in [-0.05, 0) is 55.8 Å². The van der Waals surface area contributed by atoms with Crippen LogP contribution in [0.2, 0.25) is 10.0 Å². The molecule has 0 unspecified atom stereocenters. The van der Waals surface area contributed by atoms with Crippen LogP contribution >= 0.6 is 23.2 Å². The maximum atomic E-state index is 13.2. The predicted octanol–water partition coefficient (Wildman–Crippen LogP) is 3.72. The summed E-state index contributed by atoms with van der Waals surface area (Å²) in [6, 6.07) is 12.6. The van der Waals surface area contributed by atoms with Crippen molar-refractivity contribution in [1.82, 2.24) is 4.90 Å². The van der Waals surface area contributed by atoms with E-state index in [9.17, 15) is 9.59 Å². The second-order valence-corrected chi connectivity index (χ2v) is 8.26. The third kappa shape index (κ3) is 4.10. The summed E-state index contributed by atoms with van der Waals surface area (Å²) < 4.78 is 0. The first kappa shape index (κ1) is 20.5. The number of carbonyl (C=O) groups is 2. The lowest BCUT2D eigenvalue weighted by molar-refractivity contribution is -0.136. The van der Waals surface area contributed by atoms with E-state index >= 15 is 0 Å². The molecule has 1 aliphatic heterocycles. The molecular weight excluding hydrogens is 397 g/mol. The number of halogens is 2. The third-order valence-corrected chi connectivity index (χ3v) is 6.00. The number of nitrogens with zero attached hydrogens (tertiary/aromatic N) is 2. The molecule has 1 heterocycles.